The number of hydrogen-bond donors (Lipinski definition) is 2. The number of hydrogen-bond acceptors (Lipinski definition) is 6. The van der Waals surface area contributed by atoms with Crippen molar-refractivity contribution < 1.29 is 0 Å². The van der Waals surface area contributed by atoms with Crippen LogP contribution in [0.4, 0.5) is 5.82 Å². The molecule has 218 valence electrons. The van der Waals surface area contributed by atoms with Crippen LogP contribution in [0.15, 0.2) is 73.0 Å². The number of pyridine rings is 2. The monoisotopic (exact) mass is 553 g/mol. The Morgan fingerprint density at radius 1 is 0.951 bits per heavy atom. The standard InChI is InChI=1S/C30H35N7.2C2H6/c1-5-8-23(6-2)26-14-15-27-30(34-26)37(29(35-27)25-9-7-16-32-28(25)31)24-12-10-22(11-13-24)19-36-17-20(3)33-21(4)18-36;2*1-2/h5-16,20-21,33H,17-19H2,1-4H3,(H2,31,32);2*1-2H3/b8-5-,23-6+;;/t20-,21?;;/m0../s1. The number of aromatic nitrogens is 4. The van der Waals surface area contributed by atoms with Gasteiger partial charge in [-0.2, -0.15) is 0 Å². The van der Waals surface area contributed by atoms with Crippen LogP contribution in [-0.2, 0) is 6.54 Å². The van der Waals surface area contributed by atoms with Gasteiger partial charge in [-0.1, -0.05) is 58.1 Å². The molecule has 0 radical (unpaired) electrons. The van der Waals surface area contributed by atoms with Crippen LogP contribution in [0.5, 0.6) is 0 Å². The Morgan fingerprint density at radius 2 is 1.63 bits per heavy atom. The Hall–Kier alpha value is -3.81. The van der Waals surface area contributed by atoms with E-state index in [0.29, 0.717) is 17.9 Å². The van der Waals surface area contributed by atoms with Crippen molar-refractivity contribution in [3.05, 3.63) is 84.2 Å². The van der Waals surface area contributed by atoms with Crippen LogP contribution < -0.4 is 11.1 Å². The lowest BCUT2D eigenvalue weighted by Crippen LogP contribution is -2.53. The summed E-state index contributed by atoms with van der Waals surface area (Å²) in [6, 6.07) is 17.6. The molecule has 1 fully saturated rings. The Bertz CT molecular complexity index is 1440. The fourth-order valence-corrected chi connectivity index (χ4v) is 5.24. The summed E-state index contributed by atoms with van der Waals surface area (Å²) in [5.74, 6) is 1.18. The molecular weight excluding hydrogens is 506 g/mol. The average Bonchev–Trinajstić information content (AvgIpc) is 3.36. The summed E-state index contributed by atoms with van der Waals surface area (Å²) < 4.78 is 2.09. The van der Waals surface area contributed by atoms with Gasteiger partial charge in [-0.25, -0.2) is 15.0 Å². The van der Waals surface area contributed by atoms with Crippen LogP contribution in [0, 0.1) is 0 Å². The Kier molecular flexibility index (Phi) is 11.8. The van der Waals surface area contributed by atoms with Crippen molar-refractivity contribution in [1.82, 2.24) is 29.7 Å². The second-order valence-electron chi connectivity index (χ2n) is 9.82. The van der Waals surface area contributed by atoms with Crippen molar-refractivity contribution in [2.45, 2.75) is 74.0 Å². The van der Waals surface area contributed by atoms with Gasteiger partial charge in [0.1, 0.15) is 11.3 Å². The van der Waals surface area contributed by atoms with Crippen molar-refractivity contribution in [1.29, 1.82) is 0 Å². The number of nitrogens with zero attached hydrogens (tertiary/aromatic N) is 5. The van der Waals surface area contributed by atoms with E-state index in [1.165, 1.54) is 5.56 Å². The highest BCUT2D eigenvalue weighted by Crippen LogP contribution is 2.31. The Labute approximate surface area is 246 Å². The van der Waals surface area contributed by atoms with Gasteiger partial charge in [0.15, 0.2) is 11.5 Å². The van der Waals surface area contributed by atoms with E-state index in [-0.39, 0.29) is 0 Å². The van der Waals surface area contributed by atoms with E-state index >= 15 is 0 Å². The van der Waals surface area contributed by atoms with E-state index in [4.69, 9.17) is 15.7 Å². The molecule has 3 N–H and O–H groups in total. The molecule has 0 aliphatic carbocycles. The molecule has 4 heterocycles. The minimum atomic E-state index is 0.445. The Balaban J connectivity index is 0.00000111. The summed E-state index contributed by atoms with van der Waals surface area (Å²) in [6.07, 6.45) is 7.87. The van der Waals surface area contributed by atoms with Crippen LogP contribution in [0.1, 0.15) is 66.6 Å². The normalized spacial score (nSPS) is 17.6. The van der Waals surface area contributed by atoms with Gasteiger partial charge < -0.3 is 11.1 Å². The van der Waals surface area contributed by atoms with Crippen LogP contribution in [-0.4, -0.2) is 49.6 Å². The molecule has 41 heavy (non-hydrogen) atoms. The highest BCUT2D eigenvalue weighted by Gasteiger charge is 2.22. The number of imidazole rings is 1. The first kappa shape index (κ1) is 31.7. The van der Waals surface area contributed by atoms with Gasteiger partial charge in [0.2, 0.25) is 0 Å². The molecule has 5 rings (SSSR count). The lowest BCUT2D eigenvalue weighted by Gasteiger charge is -2.36. The van der Waals surface area contributed by atoms with Crippen LogP contribution in [0.2, 0.25) is 0 Å². The second kappa shape index (κ2) is 15.3. The minimum absolute atomic E-state index is 0.445. The van der Waals surface area contributed by atoms with Crippen LogP contribution >= 0.6 is 0 Å². The zero-order valence-electron chi connectivity index (χ0n) is 26.0. The maximum Gasteiger partial charge on any atom is 0.165 e. The maximum absolute atomic E-state index is 6.30. The topological polar surface area (TPSA) is 84.9 Å². The van der Waals surface area contributed by atoms with Crippen LogP contribution in [0.3, 0.4) is 0 Å². The number of nitrogen functional groups attached to an aromatic ring is 1. The quantitative estimate of drug-likeness (QED) is 0.244. The molecule has 4 aromatic rings. The van der Waals surface area contributed by atoms with Gasteiger partial charge in [0.05, 0.1) is 11.3 Å². The molecule has 0 saturated carbocycles. The second-order valence-corrected chi connectivity index (χ2v) is 9.82. The number of nitrogens with two attached hydrogens (primary N) is 1. The van der Waals surface area contributed by atoms with Gasteiger partial charge in [-0.3, -0.25) is 9.47 Å². The van der Waals surface area contributed by atoms with Crippen LogP contribution in [0.25, 0.3) is 33.8 Å². The fourth-order valence-electron chi connectivity index (χ4n) is 5.24. The molecule has 7 heteroatoms. The van der Waals surface area contributed by atoms with Crippen molar-refractivity contribution in [2.24, 2.45) is 0 Å². The molecule has 3 aromatic heterocycles. The van der Waals surface area contributed by atoms with E-state index < -0.39 is 0 Å². The average molecular weight is 554 g/mol. The van der Waals surface area contributed by atoms with Crippen molar-refractivity contribution >= 4 is 22.6 Å². The molecule has 1 aliphatic rings. The summed E-state index contributed by atoms with van der Waals surface area (Å²) in [6.45, 7) is 19.6. The maximum atomic E-state index is 6.30. The van der Waals surface area contributed by atoms with E-state index in [1.54, 1.807) is 6.20 Å². The van der Waals surface area contributed by atoms with E-state index in [2.05, 4.69) is 70.0 Å². The minimum Gasteiger partial charge on any atom is -0.383 e. The fraction of sp³-hybridized carbons (Fsp3) is 0.382. The third-order valence-electron chi connectivity index (χ3n) is 6.77. The smallest absolute Gasteiger partial charge is 0.165 e. The molecule has 0 bridgehead atoms. The zero-order chi connectivity index (χ0) is 29.9. The predicted octanol–water partition coefficient (Wildman–Crippen LogP) is 7.28. The molecule has 1 aliphatic heterocycles. The molecule has 1 unspecified atom stereocenters. The molecular formula is C34H47N7. The van der Waals surface area contributed by atoms with Crippen molar-refractivity contribution in [3.8, 4) is 17.1 Å². The van der Waals surface area contributed by atoms with Crippen molar-refractivity contribution in [3.63, 3.8) is 0 Å². The predicted molar refractivity (Wildman–Crippen MR) is 175 cm³/mol. The molecule has 7 nitrogen and oxygen atoms in total. The van der Waals surface area contributed by atoms with Gasteiger partial charge in [-0.15, -0.1) is 0 Å². The summed E-state index contributed by atoms with van der Waals surface area (Å²) in [7, 11) is 0. The highest BCUT2D eigenvalue weighted by molar-refractivity contribution is 5.85. The van der Waals surface area contributed by atoms with Gasteiger partial charge >= 0.3 is 0 Å². The molecule has 0 amide bonds. The number of fused-ring (bicyclic) bond motifs is 1. The highest BCUT2D eigenvalue weighted by atomic mass is 15.2. The van der Waals surface area contributed by atoms with Gasteiger partial charge in [-0.05, 0) is 75.2 Å². The molecule has 2 atom stereocenters. The Morgan fingerprint density at radius 3 is 2.24 bits per heavy atom. The van der Waals surface area contributed by atoms with E-state index in [1.807, 2.05) is 71.9 Å². The zero-order valence-corrected chi connectivity index (χ0v) is 26.0. The summed E-state index contributed by atoms with van der Waals surface area (Å²) in [4.78, 5) is 16.8. The third kappa shape index (κ3) is 7.48. The summed E-state index contributed by atoms with van der Waals surface area (Å²) >= 11 is 0. The number of benzene rings is 1. The number of piperazine rings is 1. The van der Waals surface area contributed by atoms with Crippen molar-refractivity contribution in [2.75, 3.05) is 18.8 Å². The largest absolute Gasteiger partial charge is 0.383 e. The number of nitrogens with one attached hydrogen (secondary N) is 1. The van der Waals surface area contributed by atoms with E-state index in [0.717, 1.165) is 59.1 Å². The molecule has 1 saturated heterocycles. The van der Waals surface area contributed by atoms with E-state index in [9.17, 15) is 0 Å². The summed E-state index contributed by atoms with van der Waals surface area (Å²) in [5.41, 5.74) is 12.9. The van der Waals surface area contributed by atoms with Gasteiger partial charge in [0.25, 0.3) is 0 Å². The first-order valence-corrected chi connectivity index (χ1v) is 14.9. The number of rotatable bonds is 6. The van der Waals surface area contributed by atoms with Gasteiger partial charge in [0, 0.05) is 43.6 Å². The molecule has 1 aromatic carbocycles. The first-order chi connectivity index (χ1) is 20.0. The number of anilines is 1. The lowest BCUT2D eigenvalue weighted by molar-refractivity contribution is 0.166. The third-order valence-corrected chi connectivity index (χ3v) is 6.77. The first-order valence-electron chi connectivity index (χ1n) is 14.9. The summed E-state index contributed by atoms with van der Waals surface area (Å²) in [5, 5.41) is 3.61. The SMILES string of the molecule is C/C=C\C(=C/C)c1ccc2nc(-c3cccnc3N)n(-c3ccc(CN4CC(C)N[C@@H](C)C4)cc3)c2n1.CC.CC. The number of allylic oxidation sites excluding steroid dienone is 4. The molecule has 0 spiro atoms. The lowest BCUT2D eigenvalue weighted by atomic mass is 10.1.